The van der Waals surface area contributed by atoms with Crippen LogP contribution < -0.4 is 4.90 Å². The minimum atomic E-state index is -1.07. The Bertz CT molecular complexity index is 1840. The molecule has 4 fully saturated rings. The molecule has 3 aliphatic heterocycles. The molecule has 9 heteroatoms. The third-order valence-corrected chi connectivity index (χ3v) is 12.9. The summed E-state index contributed by atoms with van der Waals surface area (Å²) in [6, 6.07) is 21.6. The number of amides is 3. The lowest BCUT2D eigenvalue weighted by atomic mass is 9.45. The van der Waals surface area contributed by atoms with Crippen molar-refractivity contribution in [2.45, 2.75) is 96.1 Å². The molecule has 3 aromatic rings. The van der Waals surface area contributed by atoms with Gasteiger partial charge in [-0.05, 0) is 77.2 Å². The van der Waals surface area contributed by atoms with Crippen LogP contribution in [0.25, 0.3) is 0 Å². The number of hydrogen-bond acceptors (Lipinski definition) is 5. The molecular formula is C41H45N3O6. The number of carboxylic acids is 1. The number of carbonyl (C=O) groups is 4. The molecule has 8 atom stereocenters. The van der Waals surface area contributed by atoms with Gasteiger partial charge in [-0.3, -0.25) is 14.5 Å². The van der Waals surface area contributed by atoms with Crippen molar-refractivity contribution in [3.05, 3.63) is 101 Å². The van der Waals surface area contributed by atoms with E-state index in [9.17, 15) is 19.5 Å². The molecule has 9 rings (SSSR count). The molecule has 0 aromatic heterocycles. The van der Waals surface area contributed by atoms with Crippen LogP contribution in [0.4, 0.5) is 10.5 Å². The Hall–Kier alpha value is -4.66. The summed E-state index contributed by atoms with van der Waals surface area (Å²) in [4.78, 5) is 61.2. The second-order valence-corrected chi connectivity index (χ2v) is 15.7. The van der Waals surface area contributed by atoms with Gasteiger partial charge in [-0.15, -0.1) is 0 Å². The van der Waals surface area contributed by atoms with Gasteiger partial charge in [-0.1, -0.05) is 93.6 Å². The summed E-state index contributed by atoms with van der Waals surface area (Å²) in [5.74, 6) is -0.563. The van der Waals surface area contributed by atoms with Crippen LogP contribution in [0.5, 0.6) is 0 Å². The maximum Gasteiger partial charge on any atom is 0.415 e. The van der Waals surface area contributed by atoms with E-state index < -0.39 is 36.2 Å². The molecule has 260 valence electrons. The van der Waals surface area contributed by atoms with Crippen molar-refractivity contribution in [3.8, 4) is 0 Å². The van der Waals surface area contributed by atoms with E-state index in [0.717, 1.165) is 35.1 Å². The Morgan fingerprint density at radius 3 is 2.12 bits per heavy atom. The van der Waals surface area contributed by atoms with E-state index in [1.165, 1.54) is 9.80 Å². The van der Waals surface area contributed by atoms with E-state index in [1.807, 2.05) is 78.9 Å². The fourth-order valence-electron chi connectivity index (χ4n) is 9.96. The largest absolute Gasteiger partial charge is 0.480 e. The van der Waals surface area contributed by atoms with Crippen LogP contribution in [0.15, 0.2) is 78.9 Å². The SMILES string of the molecule is C[C@@H]1[C@@H](OC(=O)N2c3ccccc3C[C@@H]2C(=O)N2[C@@H](C(=O)N3Cc4ccccc4C[C@@H]3C(=O)O)CC[C@H]2c2ccccc2)C[C@H]2C[C@@H]1C2(C)C. The number of aliphatic carboxylic acids is 1. The molecule has 3 aromatic carbocycles. The summed E-state index contributed by atoms with van der Waals surface area (Å²) >= 11 is 0. The van der Waals surface area contributed by atoms with E-state index in [2.05, 4.69) is 20.8 Å². The molecule has 0 spiro atoms. The van der Waals surface area contributed by atoms with E-state index in [1.54, 1.807) is 4.90 Å². The lowest BCUT2D eigenvalue weighted by molar-refractivity contribution is -0.156. The molecule has 1 saturated heterocycles. The molecule has 1 N–H and O–H groups in total. The van der Waals surface area contributed by atoms with Crippen LogP contribution in [-0.2, 0) is 38.5 Å². The number of likely N-dealkylation sites (tertiary alicyclic amines) is 1. The molecule has 0 radical (unpaired) electrons. The van der Waals surface area contributed by atoms with Crippen LogP contribution >= 0.6 is 0 Å². The van der Waals surface area contributed by atoms with Gasteiger partial charge in [0.25, 0.3) is 0 Å². The topological polar surface area (TPSA) is 107 Å². The summed E-state index contributed by atoms with van der Waals surface area (Å²) in [7, 11) is 0. The van der Waals surface area contributed by atoms with Gasteiger partial charge in [-0.2, -0.15) is 0 Å². The molecule has 9 nitrogen and oxygen atoms in total. The maximum atomic E-state index is 15.1. The fraction of sp³-hybridized carbons (Fsp3) is 0.463. The second kappa shape index (κ2) is 12.3. The zero-order chi connectivity index (χ0) is 34.9. The Balaban J connectivity index is 1.12. The number of rotatable bonds is 5. The first-order chi connectivity index (χ1) is 24.0. The summed E-state index contributed by atoms with van der Waals surface area (Å²) in [6.45, 7) is 6.95. The van der Waals surface area contributed by atoms with Gasteiger partial charge in [-0.25, -0.2) is 9.59 Å². The summed E-state index contributed by atoms with van der Waals surface area (Å²) in [6.07, 6.45) is 2.65. The molecule has 2 bridgehead atoms. The Labute approximate surface area is 293 Å². The second-order valence-electron chi connectivity index (χ2n) is 15.7. The van der Waals surface area contributed by atoms with Gasteiger partial charge in [0.2, 0.25) is 11.8 Å². The average molecular weight is 676 g/mol. The molecule has 3 amide bonds. The molecule has 3 heterocycles. The number of anilines is 1. The fourth-order valence-corrected chi connectivity index (χ4v) is 9.96. The van der Waals surface area contributed by atoms with E-state index in [-0.39, 0.29) is 42.2 Å². The van der Waals surface area contributed by atoms with Crippen LogP contribution in [0, 0.1) is 23.2 Å². The van der Waals surface area contributed by atoms with Gasteiger partial charge in [0.1, 0.15) is 24.2 Å². The maximum absolute atomic E-state index is 15.1. The minimum Gasteiger partial charge on any atom is -0.480 e. The predicted octanol–water partition coefficient (Wildman–Crippen LogP) is 6.40. The smallest absolute Gasteiger partial charge is 0.415 e. The normalized spacial score (nSPS) is 30.6. The van der Waals surface area contributed by atoms with Crippen molar-refractivity contribution >= 4 is 29.6 Å². The standard InChI is InChI=1S/C41H45N3O6/c1-24-30-21-29(41(30,2)3)22-36(24)50-40(49)44-31-16-10-9-14-27(31)20-34(44)38(46)43-32(25-11-5-4-6-12-25)17-18-33(43)37(45)42-23-28-15-8-7-13-26(28)19-35(42)39(47)48/h4-16,24,29-30,32-36H,17-23H2,1-3H3,(H,47,48)/t24-,29+,30-,32-,33+,34+,35+,36-/m0/s1. The number of carbonyl (C=O) groups excluding carboxylic acids is 3. The molecule has 3 saturated carbocycles. The summed E-state index contributed by atoms with van der Waals surface area (Å²) in [5, 5.41) is 10.3. The zero-order valence-electron chi connectivity index (χ0n) is 28.9. The van der Waals surface area contributed by atoms with Gasteiger partial charge in [0, 0.05) is 19.4 Å². The number of nitrogens with zero attached hydrogens (tertiary/aromatic N) is 3. The average Bonchev–Trinajstić information content (AvgIpc) is 3.74. The first-order valence-corrected chi connectivity index (χ1v) is 18.1. The minimum absolute atomic E-state index is 0.159. The first kappa shape index (κ1) is 32.5. The summed E-state index contributed by atoms with van der Waals surface area (Å²) < 4.78 is 6.31. The predicted molar refractivity (Wildman–Crippen MR) is 187 cm³/mol. The highest BCUT2D eigenvalue weighted by molar-refractivity contribution is 6.02. The van der Waals surface area contributed by atoms with Crippen LogP contribution in [0.2, 0.25) is 0 Å². The van der Waals surface area contributed by atoms with Gasteiger partial charge < -0.3 is 19.6 Å². The van der Waals surface area contributed by atoms with Crippen molar-refractivity contribution in [3.63, 3.8) is 0 Å². The number of ether oxygens (including phenoxy) is 1. The molecule has 3 aliphatic carbocycles. The van der Waals surface area contributed by atoms with Gasteiger partial charge in [0.15, 0.2) is 0 Å². The number of carboxylic acid groups (broad SMARTS) is 1. The Kier molecular flexibility index (Phi) is 7.99. The van der Waals surface area contributed by atoms with Crippen molar-refractivity contribution < 1.29 is 29.0 Å². The highest BCUT2D eigenvalue weighted by Crippen LogP contribution is 2.62. The molecular weight excluding hydrogens is 630 g/mol. The van der Waals surface area contributed by atoms with Gasteiger partial charge >= 0.3 is 12.1 Å². The Morgan fingerprint density at radius 1 is 0.760 bits per heavy atom. The highest BCUT2D eigenvalue weighted by atomic mass is 16.6. The van der Waals surface area contributed by atoms with Crippen molar-refractivity contribution in [1.82, 2.24) is 9.80 Å². The number of para-hydroxylation sites is 1. The lowest BCUT2D eigenvalue weighted by Gasteiger charge is -2.61. The summed E-state index contributed by atoms with van der Waals surface area (Å²) in [5.41, 5.74) is 4.49. The molecule has 6 aliphatic rings. The van der Waals surface area contributed by atoms with Crippen molar-refractivity contribution in [2.75, 3.05) is 4.90 Å². The third-order valence-electron chi connectivity index (χ3n) is 12.9. The van der Waals surface area contributed by atoms with Crippen LogP contribution in [0.3, 0.4) is 0 Å². The van der Waals surface area contributed by atoms with E-state index in [0.29, 0.717) is 36.8 Å². The van der Waals surface area contributed by atoms with Crippen molar-refractivity contribution in [2.24, 2.45) is 23.2 Å². The zero-order valence-corrected chi connectivity index (χ0v) is 28.9. The van der Waals surface area contributed by atoms with Crippen LogP contribution in [0.1, 0.15) is 74.8 Å². The van der Waals surface area contributed by atoms with E-state index in [4.69, 9.17) is 4.74 Å². The third kappa shape index (κ3) is 5.19. The monoisotopic (exact) mass is 675 g/mol. The molecule has 0 unspecified atom stereocenters. The Morgan fingerprint density at radius 2 is 1.42 bits per heavy atom. The van der Waals surface area contributed by atoms with Crippen molar-refractivity contribution in [1.29, 1.82) is 0 Å². The molecule has 50 heavy (non-hydrogen) atoms. The van der Waals surface area contributed by atoms with Gasteiger partial charge in [0.05, 0.1) is 11.7 Å². The highest BCUT2D eigenvalue weighted by Gasteiger charge is 2.58. The number of benzene rings is 3. The van der Waals surface area contributed by atoms with Crippen LogP contribution in [-0.4, -0.2) is 63.0 Å². The first-order valence-electron chi connectivity index (χ1n) is 18.1. The van der Waals surface area contributed by atoms with E-state index >= 15 is 4.79 Å². The number of hydrogen-bond donors (Lipinski definition) is 1. The number of fused-ring (bicyclic) bond motifs is 4. The lowest BCUT2D eigenvalue weighted by Crippen LogP contribution is -2.59. The quantitative estimate of drug-likeness (QED) is 0.336.